The van der Waals surface area contributed by atoms with Crippen molar-refractivity contribution in [2.75, 3.05) is 38.6 Å². The summed E-state index contributed by atoms with van der Waals surface area (Å²) in [5, 5.41) is 19.8. The van der Waals surface area contributed by atoms with Crippen LogP contribution in [0.3, 0.4) is 0 Å². The van der Waals surface area contributed by atoms with Gasteiger partial charge in [-0.05, 0) is 61.6 Å². The standard InChI is InChI=1S/C28H28N6O/c1-31(2)14-23-17-32(18-27(23)35)24-7-8-25-22(11-24)16-33-15-21(20-5-3-19(13-29)4-6-20)12-26(33)28-30-9-10-34(25)28/h3-12,15,23,27,35H,14,16-18H2,1-2H3/t23-,27+/m1/s1. The number of hydrogen-bond acceptors (Lipinski definition) is 5. The van der Waals surface area contributed by atoms with Gasteiger partial charge in [-0.2, -0.15) is 5.26 Å². The van der Waals surface area contributed by atoms with Gasteiger partial charge in [-0.15, -0.1) is 0 Å². The van der Waals surface area contributed by atoms with Crippen LogP contribution in [-0.2, 0) is 6.54 Å². The van der Waals surface area contributed by atoms with Crippen LogP contribution in [0.25, 0.3) is 28.3 Å². The maximum absolute atomic E-state index is 10.6. The fourth-order valence-electron chi connectivity index (χ4n) is 5.44. The molecule has 1 fully saturated rings. The number of imidazole rings is 1. The number of β-amino-alcohol motifs (C(OH)–C–C–N with tert-alkyl or cyclic N) is 1. The minimum absolute atomic E-state index is 0.245. The van der Waals surface area contributed by atoms with Crippen LogP contribution in [0.5, 0.6) is 0 Å². The fraction of sp³-hybridized carbons (Fsp3) is 0.286. The van der Waals surface area contributed by atoms with Gasteiger partial charge < -0.3 is 19.5 Å². The smallest absolute Gasteiger partial charge is 0.161 e. The molecule has 0 amide bonds. The Balaban J connectivity index is 1.36. The van der Waals surface area contributed by atoms with Crippen molar-refractivity contribution in [3.63, 3.8) is 0 Å². The van der Waals surface area contributed by atoms with E-state index in [4.69, 9.17) is 5.26 Å². The molecule has 2 aromatic heterocycles. The maximum Gasteiger partial charge on any atom is 0.161 e. The molecule has 0 radical (unpaired) electrons. The van der Waals surface area contributed by atoms with Crippen LogP contribution in [0.4, 0.5) is 5.69 Å². The number of fused-ring (bicyclic) bond motifs is 5. The first-order chi connectivity index (χ1) is 17.0. The Hall–Kier alpha value is -3.86. The van der Waals surface area contributed by atoms with Crippen molar-refractivity contribution >= 4 is 5.69 Å². The predicted octanol–water partition coefficient (Wildman–Crippen LogP) is 3.60. The fourth-order valence-corrected chi connectivity index (χ4v) is 5.44. The summed E-state index contributed by atoms with van der Waals surface area (Å²) < 4.78 is 4.42. The second-order valence-electron chi connectivity index (χ2n) is 9.86. The van der Waals surface area contributed by atoms with Gasteiger partial charge >= 0.3 is 0 Å². The molecule has 1 saturated heterocycles. The summed E-state index contributed by atoms with van der Waals surface area (Å²) >= 11 is 0. The zero-order valence-corrected chi connectivity index (χ0v) is 20.0. The van der Waals surface area contributed by atoms with E-state index in [9.17, 15) is 5.11 Å². The molecule has 6 rings (SSSR count). The number of hydrogen-bond donors (Lipinski definition) is 1. The van der Waals surface area contributed by atoms with Crippen LogP contribution in [0.1, 0.15) is 11.1 Å². The monoisotopic (exact) mass is 464 g/mol. The molecule has 176 valence electrons. The third kappa shape index (κ3) is 3.81. The van der Waals surface area contributed by atoms with E-state index in [0.29, 0.717) is 12.1 Å². The Labute approximate surface area is 205 Å². The summed E-state index contributed by atoms with van der Waals surface area (Å²) in [5.41, 5.74) is 7.40. The quantitative estimate of drug-likeness (QED) is 0.440. The molecule has 35 heavy (non-hydrogen) atoms. The Morgan fingerprint density at radius 3 is 2.69 bits per heavy atom. The number of nitrogens with zero attached hydrogens (tertiary/aromatic N) is 6. The zero-order chi connectivity index (χ0) is 24.1. The molecule has 0 aliphatic carbocycles. The van der Waals surface area contributed by atoms with Crippen LogP contribution in [0, 0.1) is 17.2 Å². The van der Waals surface area contributed by atoms with Crippen molar-refractivity contribution < 1.29 is 5.11 Å². The maximum atomic E-state index is 10.6. The molecule has 4 heterocycles. The van der Waals surface area contributed by atoms with E-state index in [1.165, 1.54) is 5.56 Å². The highest BCUT2D eigenvalue weighted by molar-refractivity contribution is 5.72. The van der Waals surface area contributed by atoms with E-state index in [2.05, 4.69) is 74.5 Å². The van der Waals surface area contributed by atoms with Crippen molar-refractivity contribution in [2.24, 2.45) is 5.92 Å². The molecule has 7 heteroatoms. The van der Waals surface area contributed by atoms with Crippen LogP contribution in [0.2, 0.25) is 0 Å². The lowest BCUT2D eigenvalue weighted by Crippen LogP contribution is -2.29. The van der Waals surface area contributed by atoms with Crippen molar-refractivity contribution in [1.82, 2.24) is 19.0 Å². The first kappa shape index (κ1) is 21.7. The average Bonchev–Trinajstić information content (AvgIpc) is 3.56. The number of rotatable bonds is 4. The summed E-state index contributed by atoms with van der Waals surface area (Å²) in [7, 11) is 4.11. The van der Waals surface area contributed by atoms with Gasteiger partial charge in [-0.3, -0.25) is 4.57 Å². The Morgan fingerprint density at radius 1 is 1.09 bits per heavy atom. The molecule has 4 aromatic rings. The van der Waals surface area contributed by atoms with E-state index >= 15 is 0 Å². The molecule has 7 nitrogen and oxygen atoms in total. The van der Waals surface area contributed by atoms with Crippen molar-refractivity contribution in [3.8, 4) is 34.4 Å². The van der Waals surface area contributed by atoms with E-state index in [1.54, 1.807) is 0 Å². The molecular formula is C28H28N6O. The Bertz CT molecular complexity index is 1420. The molecule has 2 aliphatic heterocycles. The molecule has 2 atom stereocenters. The Kier molecular flexibility index (Phi) is 5.21. The van der Waals surface area contributed by atoms with E-state index < -0.39 is 0 Å². The number of aliphatic hydroxyl groups excluding tert-OH is 1. The van der Waals surface area contributed by atoms with Crippen molar-refractivity contribution in [1.29, 1.82) is 5.26 Å². The SMILES string of the molecule is CN(C)C[C@@H]1CN(c2ccc3c(c2)Cn2cc(-c4ccc(C#N)cc4)cc2-c2nccn2-3)C[C@@H]1O. The molecule has 0 spiro atoms. The highest BCUT2D eigenvalue weighted by Gasteiger charge is 2.32. The van der Waals surface area contributed by atoms with Gasteiger partial charge in [-0.25, -0.2) is 4.98 Å². The number of aliphatic hydroxyl groups is 1. The van der Waals surface area contributed by atoms with Gasteiger partial charge in [0.1, 0.15) is 0 Å². The van der Waals surface area contributed by atoms with E-state index in [1.807, 2.05) is 36.7 Å². The zero-order valence-electron chi connectivity index (χ0n) is 20.0. The molecule has 2 aliphatic rings. The third-order valence-corrected chi connectivity index (χ3v) is 7.15. The number of anilines is 1. The molecule has 0 saturated carbocycles. The largest absolute Gasteiger partial charge is 0.391 e. The van der Waals surface area contributed by atoms with Crippen LogP contribution < -0.4 is 4.90 Å². The summed E-state index contributed by atoms with van der Waals surface area (Å²) in [6, 6.07) is 18.7. The number of benzene rings is 2. The summed E-state index contributed by atoms with van der Waals surface area (Å²) in [5.74, 6) is 1.16. The summed E-state index contributed by atoms with van der Waals surface area (Å²) in [4.78, 5) is 9.14. The predicted molar refractivity (Wildman–Crippen MR) is 137 cm³/mol. The first-order valence-corrected chi connectivity index (χ1v) is 12.0. The second kappa shape index (κ2) is 8.42. The summed E-state index contributed by atoms with van der Waals surface area (Å²) in [6.07, 6.45) is 5.72. The second-order valence-corrected chi connectivity index (χ2v) is 9.86. The molecule has 0 bridgehead atoms. The van der Waals surface area contributed by atoms with Crippen molar-refractivity contribution in [2.45, 2.75) is 12.6 Å². The minimum atomic E-state index is -0.317. The summed E-state index contributed by atoms with van der Waals surface area (Å²) in [6.45, 7) is 3.12. The minimum Gasteiger partial charge on any atom is -0.391 e. The number of aromatic nitrogens is 3. The van der Waals surface area contributed by atoms with Gasteiger partial charge in [0.2, 0.25) is 0 Å². The van der Waals surface area contributed by atoms with Gasteiger partial charge in [0.15, 0.2) is 5.82 Å². The average molecular weight is 465 g/mol. The first-order valence-electron chi connectivity index (χ1n) is 12.0. The molecule has 2 aromatic carbocycles. The Morgan fingerprint density at radius 2 is 1.91 bits per heavy atom. The van der Waals surface area contributed by atoms with Crippen LogP contribution in [0.15, 0.2) is 67.1 Å². The van der Waals surface area contributed by atoms with Gasteiger partial charge in [0.05, 0.1) is 29.1 Å². The lowest BCUT2D eigenvalue weighted by atomic mass is 10.1. The molecular weight excluding hydrogens is 436 g/mol. The normalized spacial score (nSPS) is 18.7. The third-order valence-electron chi connectivity index (χ3n) is 7.15. The highest BCUT2D eigenvalue weighted by atomic mass is 16.3. The van der Waals surface area contributed by atoms with Gasteiger partial charge in [-0.1, -0.05) is 12.1 Å². The molecule has 0 unspecified atom stereocenters. The van der Waals surface area contributed by atoms with Gasteiger partial charge in [0, 0.05) is 61.9 Å². The lowest BCUT2D eigenvalue weighted by molar-refractivity contribution is 0.130. The van der Waals surface area contributed by atoms with Crippen LogP contribution in [-0.4, -0.2) is 64.0 Å². The van der Waals surface area contributed by atoms with Crippen molar-refractivity contribution in [3.05, 3.63) is 78.2 Å². The van der Waals surface area contributed by atoms with Gasteiger partial charge in [0.25, 0.3) is 0 Å². The lowest BCUT2D eigenvalue weighted by Gasteiger charge is -2.21. The number of nitriles is 1. The highest BCUT2D eigenvalue weighted by Crippen LogP contribution is 2.36. The topological polar surface area (TPSA) is 73.2 Å². The van der Waals surface area contributed by atoms with E-state index in [0.717, 1.165) is 53.7 Å². The molecule has 1 N–H and O–H groups in total. The van der Waals surface area contributed by atoms with E-state index in [-0.39, 0.29) is 12.0 Å². The van der Waals surface area contributed by atoms with Crippen LogP contribution >= 0.6 is 0 Å².